The SMILES string of the molecule is CC(=O)c1ccc2c(Cl)nc(C)n2c1. The van der Waals surface area contributed by atoms with Gasteiger partial charge in [-0.15, -0.1) is 0 Å². The first kappa shape index (κ1) is 9.21. The number of aryl methyl sites for hydroxylation is 1. The van der Waals surface area contributed by atoms with Gasteiger partial charge in [0.1, 0.15) is 5.82 Å². The third-order valence-electron chi connectivity index (χ3n) is 2.17. The molecule has 0 N–H and O–H groups in total. The average Bonchev–Trinajstić information content (AvgIpc) is 2.42. The van der Waals surface area contributed by atoms with Gasteiger partial charge in [0.2, 0.25) is 0 Å². The Kier molecular flexibility index (Phi) is 2.04. The third kappa shape index (κ3) is 1.30. The number of carbonyl (C=O) groups excluding carboxylic acids is 1. The standard InChI is InChI=1S/C10H9ClN2O/c1-6(14)8-3-4-9-10(11)12-7(2)13(9)5-8/h3-5H,1-2H3. The first-order valence-electron chi connectivity index (χ1n) is 4.25. The summed E-state index contributed by atoms with van der Waals surface area (Å²) in [5.41, 5.74) is 1.49. The quantitative estimate of drug-likeness (QED) is 0.675. The van der Waals surface area contributed by atoms with E-state index in [4.69, 9.17) is 11.6 Å². The van der Waals surface area contributed by atoms with Gasteiger partial charge in [-0.3, -0.25) is 4.79 Å². The Balaban J connectivity index is 2.77. The fourth-order valence-electron chi connectivity index (χ4n) is 1.40. The van der Waals surface area contributed by atoms with Gasteiger partial charge in [0.05, 0.1) is 5.52 Å². The lowest BCUT2D eigenvalue weighted by Crippen LogP contribution is -1.96. The predicted molar refractivity (Wildman–Crippen MR) is 54.9 cm³/mol. The van der Waals surface area contributed by atoms with Crippen LogP contribution in [0.25, 0.3) is 5.52 Å². The zero-order chi connectivity index (χ0) is 10.3. The molecular weight excluding hydrogens is 200 g/mol. The minimum absolute atomic E-state index is 0.0381. The summed E-state index contributed by atoms with van der Waals surface area (Å²) in [5, 5.41) is 0.470. The van der Waals surface area contributed by atoms with Gasteiger partial charge < -0.3 is 4.40 Å². The fraction of sp³-hybridized carbons (Fsp3) is 0.200. The number of pyridine rings is 1. The Morgan fingerprint density at radius 1 is 1.50 bits per heavy atom. The van der Waals surface area contributed by atoms with Crippen LogP contribution in [-0.4, -0.2) is 15.2 Å². The van der Waals surface area contributed by atoms with E-state index in [1.165, 1.54) is 6.92 Å². The number of fused-ring (bicyclic) bond motifs is 1. The maximum atomic E-state index is 11.1. The van der Waals surface area contributed by atoms with E-state index in [1.54, 1.807) is 18.3 Å². The Morgan fingerprint density at radius 3 is 2.86 bits per heavy atom. The summed E-state index contributed by atoms with van der Waals surface area (Å²) in [4.78, 5) is 15.2. The van der Waals surface area contributed by atoms with Gasteiger partial charge in [-0.1, -0.05) is 11.6 Å². The highest BCUT2D eigenvalue weighted by atomic mass is 35.5. The number of halogens is 1. The first-order chi connectivity index (χ1) is 6.59. The van der Waals surface area contributed by atoms with Crippen LogP contribution >= 0.6 is 11.6 Å². The van der Waals surface area contributed by atoms with E-state index in [9.17, 15) is 4.79 Å². The molecule has 0 aliphatic heterocycles. The van der Waals surface area contributed by atoms with Crippen LogP contribution in [0.15, 0.2) is 18.3 Å². The Morgan fingerprint density at radius 2 is 2.21 bits per heavy atom. The number of ketones is 1. The van der Waals surface area contributed by atoms with Crippen LogP contribution in [0.5, 0.6) is 0 Å². The number of rotatable bonds is 1. The Bertz CT molecular complexity index is 516. The van der Waals surface area contributed by atoms with Crippen LogP contribution in [-0.2, 0) is 0 Å². The molecule has 0 atom stereocenters. The van der Waals surface area contributed by atoms with E-state index < -0.39 is 0 Å². The topological polar surface area (TPSA) is 34.4 Å². The number of carbonyl (C=O) groups is 1. The van der Waals surface area contributed by atoms with Gasteiger partial charge in [-0.2, -0.15) is 0 Å². The van der Waals surface area contributed by atoms with E-state index in [2.05, 4.69) is 4.98 Å². The molecule has 72 valence electrons. The van der Waals surface area contributed by atoms with Gasteiger partial charge >= 0.3 is 0 Å². The van der Waals surface area contributed by atoms with Crippen molar-refractivity contribution in [2.24, 2.45) is 0 Å². The van der Waals surface area contributed by atoms with Crippen molar-refractivity contribution in [3.63, 3.8) is 0 Å². The lowest BCUT2D eigenvalue weighted by Gasteiger charge is -1.99. The molecule has 14 heavy (non-hydrogen) atoms. The van der Waals surface area contributed by atoms with Crippen LogP contribution in [0.3, 0.4) is 0 Å². The number of hydrogen-bond donors (Lipinski definition) is 0. The summed E-state index contributed by atoms with van der Waals surface area (Å²) >= 11 is 5.89. The molecule has 3 nitrogen and oxygen atoms in total. The molecule has 0 spiro atoms. The monoisotopic (exact) mass is 208 g/mol. The van der Waals surface area contributed by atoms with Crippen molar-refractivity contribution in [1.82, 2.24) is 9.38 Å². The van der Waals surface area contributed by atoms with Crippen LogP contribution in [0.2, 0.25) is 5.15 Å². The van der Waals surface area contributed by atoms with E-state index in [-0.39, 0.29) is 5.78 Å². The highest BCUT2D eigenvalue weighted by Crippen LogP contribution is 2.18. The molecule has 0 aliphatic carbocycles. The summed E-state index contributed by atoms with van der Waals surface area (Å²) in [6.07, 6.45) is 1.76. The van der Waals surface area contributed by atoms with E-state index in [1.807, 2.05) is 11.3 Å². The fourth-order valence-corrected chi connectivity index (χ4v) is 1.67. The molecule has 0 radical (unpaired) electrons. The van der Waals surface area contributed by atoms with Crippen LogP contribution in [0, 0.1) is 6.92 Å². The minimum Gasteiger partial charge on any atom is -0.302 e. The zero-order valence-electron chi connectivity index (χ0n) is 7.91. The molecule has 0 saturated heterocycles. The molecule has 2 heterocycles. The van der Waals surface area contributed by atoms with Crippen molar-refractivity contribution in [1.29, 1.82) is 0 Å². The third-order valence-corrected chi connectivity index (χ3v) is 2.45. The smallest absolute Gasteiger partial charge is 0.161 e. The van der Waals surface area contributed by atoms with Crippen molar-refractivity contribution in [2.75, 3.05) is 0 Å². The van der Waals surface area contributed by atoms with Crippen LogP contribution < -0.4 is 0 Å². The molecule has 2 aromatic rings. The second-order valence-electron chi connectivity index (χ2n) is 3.18. The van der Waals surface area contributed by atoms with Crippen molar-refractivity contribution < 1.29 is 4.79 Å². The van der Waals surface area contributed by atoms with Gasteiger partial charge in [0, 0.05) is 11.8 Å². The van der Waals surface area contributed by atoms with E-state index in [0.717, 1.165) is 11.3 Å². The molecule has 0 aromatic carbocycles. The molecule has 0 saturated carbocycles. The molecule has 0 fully saturated rings. The van der Waals surface area contributed by atoms with Crippen molar-refractivity contribution in [3.8, 4) is 0 Å². The van der Waals surface area contributed by atoms with Crippen LogP contribution in [0.1, 0.15) is 23.1 Å². The number of Topliss-reactive ketones (excluding diaryl/α,β-unsaturated/α-hetero) is 1. The number of imidazole rings is 1. The largest absolute Gasteiger partial charge is 0.302 e. The van der Waals surface area contributed by atoms with E-state index >= 15 is 0 Å². The van der Waals surface area contributed by atoms with E-state index in [0.29, 0.717) is 10.7 Å². The van der Waals surface area contributed by atoms with Gasteiger partial charge in [0.25, 0.3) is 0 Å². The second kappa shape index (κ2) is 3.10. The normalized spacial score (nSPS) is 10.8. The minimum atomic E-state index is 0.0381. The average molecular weight is 209 g/mol. The molecule has 0 bridgehead atoms. The summed E-state index contributed by atoms with van der Waals surface area (Å²) in [6.45, 7) is 3.39. The van der Waals surface area contributed by atoms with Crippen molar-refractivity contribution in [3.05, 3.63) is 34.9 Å². The van der Waals surface area contributed by atoms with Crippen molar-refractivity contribution >= 4 is 22.9 Å². The summed E-state index contributed by atoms with van der Waals surface area (Å²) < 4.78 is 1.82. The lowest BCUT2D eigenvalue weighted by atomic mass is 10.2. The molecule has 0 unspecified atom stereocenters. The maximum absolute atomic E-state index is 11.1. The number of nitrogens with zero attached hydrogens (tertiary/aromatic N) is 2. The maximum Gasteiger partial charge on any atom is 0.161 e. The molecule has 4 heteroatoms. The van der Waals surface area contributed by atoms with Gasteiger partial charge in [-0.25, -0.2) is 4.98 Å². The lowest BCUT2D eigenvalue weighted by molar-refractivity contribution is 0.101. The second-order valence-corrected chi connectivity index (χ2v) is 3.54. The van der Waals surface area contributed by atoms with Crippen molar-refractivity contribution in [2.45, 2.75) is 13.8 Å². The molecule has 2 rings (SSSR count). The summed E-state index contributed by atoms with van der Waals surface area (Å²) in [7, 11) is 0. The van der Waals surface area contributed by atoms with Gasteiger partial charge in [0.15, 0.2) is 10.9 Å². The van der Waals surface area contributed by atoms with Crippen LogP contribution in [0.4, 0.5) is 0 Å². The predicted octanol–water partition coefficient (Wildman–Crippen LogP) is 2.50. The highest BCUT2D eigenvalue weighted by Gasteiger charge is 2.07. The number of aromatic nitrogens is 2. The molecule has 0 aliphatic rings. The molecule has 2 aromatic heterocycles. The molecular formula is C10H9ClN2O. The Labute approximate surface area is 86.3 Å². The molecule has 0 amide bonds. The number of hydrogen-bond acceptors (Lipinski definition) is 2. The highest BCUT2D eigenvalue weighted by molar-refractivity contribution is 6.32. The van der Waals surface area contributed by atoms with Gasteiger partial charge in [-0.05, 0) is 26.0 Å². The first-order valence-corrected chi connectivity index (χ1v) is 4.62. The Hall–Kier alpha value is -1.35. The zero-order valence-corrected chi connectivity index (χ0v) is 8.67. The summed E-state index contributed by atoms with van der Waals surface area (Å²) in [6, 6.07) is 3.56. The summed E-state index contributed by atoms with van der Waals surface area (Å²) in [5.74, 6) is 0.823.